The Kier molecular flexibility index (Phi) is 3.48. The molecule has 0 unspecified atom stereocenters. The summed E-state index contributed by atoms with van der Waals surface area (Å²) in [6, 6.07) is 1.01. The topological polar surface area (TPSA) is 38.9 Å². The van der Waals surface area contributed by atoms with Crippen molar-refractivity contribution in [2.75, 3.05) is 0 Å². The highest BCUT2D eigenvalue weighted by atomic mass is 127. The van der Waals surface area contributed by atoms with Crippen molar-refractivity contribution < 1.29 is 13.2 Å². The van der Waals surface area contributed by atoms with Gasteiger partial charge < -0.3 is 5.73 Å². The van der Waals surface area contributed by atoms with Crippen LogP contribution in [-0.2, 0) is 6.54 Å². The van der Waals surface area contributed by atoms with Gasteiger partial charge in [0, 0.05) is 10.1 Å². The molecule has 72 valence electrons. The Balaban J connectivity index is 3.22. The molecule has 0 amide bonds. The third-order valence-corrected chi connectivity index (χ3v) is 2.29. The highest BCUT2D eigenvalue weighted by Crippen LogP contribution is 2.23. The van der Waals surface area contributed by atoms with Gasteiger partial charge in [-0.2, -0.15) is 0 Å². The van der Waals surface area contributed by atoms with Gasteiger partial charge in [0.25, 0.3) is 6.43 Å². The van der Waals surface area contributed by atoms with E-state index < -0.39 is 17.9 Å². The fraction of sp³-hybridized carbons (Fsp3) is 0.286. The van der Waals surface area contributed by atoms with E-state index in [0.29, 0.717) is 0 Å². The Morgan fingerprint density at radius 2 is 2.15 bits per heavy atom. The van der Waals surface area contributed by atoms with E-state index >= 15 is 0 Å². The van der Waals surface area contributed by atoms with Crippen LogP contribution in [0.2, 0.25) is 0 Å². The van der Waals surface area contributed by atoms with Crippen LogP contribution in [0.4, 0.5) is 13.2 Å². The van der Waals surface area contributed by atoms with Crippen molar-refractivity contribution in [2.45, 2.75) is 13.0 Å². The minimum absolute atomic E-state index is 0.113. The van der Waals surface area contributed by atoms with Gasteiger partial charge in [-0.15, -0.1) is 0 Å². The first-order valence-corrected chi connectivity index (χ1v) is 4.47. The summed E-state index contributed by atoms with van der Waals surface area (Å²) in [5.74, 6) is -0.642. The number of hydrogen-bond donors (Lipinski definition) is 1. The van der Waals surface area contributed by atoms with Gasteiger partial charge in [-0.05, 0) is 28.7 Å². The Morgan fingerprint density at radius 3 is 2.62 bits per heavy atom. The smallest absolute Gasteiger partial charge is 0.281 e. The predicted octanol–water partition coefficient (Wildman–Crippen LogP) is 2.22. The van der Waals surface area contributed by atoms with Crippen molar-refractivity contribution in [3.05, 3.63) is 26.8 Å². The minimum atomic E-state index is -2.70. The lowest BCUT2D eigenvalue weighted by molar-refractivity contribution is 0.144. The van der Waals surface area contributed by atoms with Crippen LogP contribution in [0.5, 0.6) is 0 Å². The van der Waals surface area contributed by atoms with Crippen LogP contribution in [0.1, 0.15) is 17.8 Å². The molecule has 0 aliphatic heterocycles. The van der Waals surface area contributed by atoms with E-state index in [1.54, 1.807) is 22.6 Å². The molecule has 0 aliphatic carbocycles. The lowest BCUT2D eigenvalue weighted by atomic mass is 10.3. The fourth-order valence-corrected chi connectivity index (χ4v) is 1.45. The van der Waals surface area contributed by atoms with Gasteiger partial charge in [-0.25, -0.2) is 18.2 Å². The van der Waals surface area contributed by atoms with E-state index in [9.17, 15) is 13.2 Å². The van der Waals surface area contributed by atoms with Crippen LogP contribution in [0.25, 0.3) is 0 Å². The van der Waals surface area contributed by atoms with Crippen molar-refractivity contribution in [2.24, 2.45) is 5.73 Å². The van der Waals surface area contributed by atoms with E-state index in [1.165, 1.54) is 0 Å². The summed E-state index contributed by atoms with van der Waals surface area (Å²) in [6.07, 6.45) is -2.70. The molecule has 0 saturated carbocycles. The van der Waals surface area contributed by atoms with Gasteiger partial charge in [0.2, 0.25) is 0 Å². The monoisotopic (exact) mass is 302 g/mol. The van der Waals surface area contributed by atoms with E-state index in [-0.39, 0.29) is 15.8 Å². The van der Waals surface area contributed by atoms with E-state index in [0.717, 1.165) is 6.07 Å². The first-order valence-electron chi connectivity index (χ1n) is 3.39. The second kappa shape index (κ2) is 4.23. The molecule has 6 heteroatoms. The molecule has 1 aromatic rings. The normalized spacial score (nSPS) is 10.9. The molecule has 2 N–H and O–H groups in total. The second-order valence-corrected chi connectivity index (χ2v) is 3.45. The maximum atomic E-state index is 12.9. The molecule has 13 heavy (non-hydrogen) atoms. The molecule has 0 fully saturated rings. The van der Waals surface area contributed by atoms with E-state index in [2.05, 4.69) is 4.98 Å². The molecule has 0 spiro atoms. The lowest BCUT2D eigenvalue weighted by Crippen LogP contribution is -2.07. The molecular formula is C7H6F3IN2. The van der Waals surface area contributed by atoms with E-state index in [1.807, 2.05) is 0 Å². The SMILES string of the molecule is NCc1nc(C(F)F)c(I)cc1F. The molecule has 0 aromatic carbocycles. The van der Waals surface area contributed by atoms with Crippen LogP contribution in [0, 0.1) is 9.39 Å². The molecule has 2 nitrogen and oxygen atoms in total. The zero-order valence-electron chi connectivity index (χ0n) is 6.40. The Labute approximate surface area is 86.5 Å². The zero-order valence-corrected chi connectivity index (χ0v) is 8.56. The van der Waals surface area contributed by atoms with Crippen LogP contribution in [-0.4, -0.2) is 4.98 Å². The third-order valence-electron chi connectivity index (χ3n) is 1.43. The Morgan fingerprint density at radius 1 is 1.54 bits per heavy atom. The average Bonchev–Trinajstić information content (AvgIpc) is 2.03. The number of aromatic nitrogens is 1. The van der Waals surface area contributed by atoms with Crippen molar-refractivity contribution in [1.29, 1.82) is 0 Å². The summed E-state index contributed by atoms with van der Waals surface area (Å²) in [4.78, 5) is 3.43. The van der Waals surface area contributed by atoms with Crippen molar-refractivity contribution in [3.8, 4) is 0 Å². The largest absolute Gasteiger partial charge is 0.325 e. The summed E-state index contributed by atoms with van der Waals surface area (Å²) >= 11 is 1.61. The number of nitrogens with zero attached hydrogens (tertiary/aromatic N) is 1. The van der Waals surface area contributed by atoms with Gasteiger partial charge in [-0.3, -0.25) is 0 Å². The summed E-state index contributed by atoms with van der Waals surface area (Å²) < 4.78 is 37.5. The first kappa shape index (κ1) is 10.7. The van der Waals surface area contributed by atoms with Gasteiger partial charge in [-0.1, -0.05) is 0 Å². The highest BCUT2D eigenvalue weighted by molar-refractivity contribution is 14.1. The number of rotatable bonds is 2. The molecule has 0 saturated heterocycles. The van der Waals surface area contributed by atoms with Gasteiger partial charge >= 0.3 is 0 Å². The molecule has 0 aliphatic rings. The maximum absolute atomic E-state index is 12.9. The average molecular weight is 302 g/mol. The van der Waals surface area contributed by atoms with E-state index in [4.69, 9.17) is 5.73 Å². The number of hydrogen-bond acceptors (Lipinski definition) is 2. The predicted molar refractivity (Wildman–Crippen MR) is 49.8 cm³/mol. The third kappa shape index (κ3) is 2.31. The van der Waals surface area contributed by atoms with Crippen LogP contribution >= 0.6 is 22.6 Å². The molecule has 1 rings (SSSR count). The molecule has 1 heterocycles. The van der Waals surface area contributed by atoms with Crippen molar-refractivity contribution in [1.82, 2.24) is 4.98 Å². The maximum Gasteiger partial charge on any atom is 0.281 e. The fourth-order valence-electron chi connectivity index (χ4n) is 0.817. The number of alkyl halides is 2. The standard InChI is InChI=1S/C7H6F3IN2/c8-3-1-4(11)6(7(9)10)13-5(3)2-12/h1,7H,2,12H2. The Bertz CT molecular complexity index is 317. The summed E-state index contributed by atoms with van der Waals surface area (Å²) in [6.45, 7) is -0.178. The van der Waals surface area contributed by atoms with Crippen LogP contribution in [0.3, 0.4) is 0 Å². The van der Waals surface area contributed by atoms with Crippen molar-refractivity contribution in [3.63, 3.8) is 0 Å². The number of pyridine rings is 1. The minimum Gasteiger partial charge on any atom is -0.325 e. The summed E-state index contributed by atoms with van der Waals surface area (Å²) in [5.41, 5.74) is 4.58. The summed E-state index contributed by atoms with van der Waals surface area (Å²) in [7, 11) is 0. The molecule has 0 radical (unpaired) electrons. The Hall–Kier alpha value is -0.370. The van der Waals surface area contributed by atoms with Gasteiger partial charge in [0.15, 0.2) is 0 Å². The first-order chi connectivity index (χ1) is 6.06. The number of halogens is 4. The summed E-state index contributed by atoms with van der Waals surface area (Å²) in [5, 5.41) is 0. The highest BCUT2D eigenvalue weighted by Gasteiger charge is 2.16. The lowest BCUT2D eigenvalue weighted by Gasteiger charge is -2.05. The quantitative estimate of drug-likeness (QED) is 0.851. The molecule has 1 aromatic heterocycles. The molecule has 0 atom stereocenters. The van der Waals surface area contributed by atoms with Crippen LogP contribution < -0.4 is 5.73 Å². The zero-order chi connectivity index (χ0) is 10.0. The number of nitrogens with two attached hydrogens (primary N) is 1. The van der Waals surface area contributed by atoms with Gasteiger partial charge in [0.1, 0.15) is 11.5 Å². The second-order valence-electron chi connectivity index (χ2n) is 2.29. The van der Waals surface area contributed by atoms with Gasteiger partial charge in [0.05, 0.1) is 5.69 Å². The van der Waals surface area contributed by atoms with Crippen LogP contribution in [0.15, 0.2) is 6.07 Å². The molecular weight excluding hydrogens is 296 g/mol. The van der Waals surface area contributed by atoms with Crippen molar-refractivity contribution >= 4 is 22.6 Å². The molecule has 0 bridgehead atoms.